The van der Waals surface area contributed by atoms with Gasteiger partial charge in [0, 0.05) is 17.8 Å². The molecule has 140 valence electrons. The molecule has 2 aromatic rings. The number of aryl methyl sites for hydroxylation is 1. The van der Waals surface area contributed by atoms with E-state index in [1.165, 1.54) is 5.56 Å². The molecule has 1 atom stereocenters. The first-order valence-electron chi connectivity index (χ1n) is 8.83. The zero-order chi connectivity index (χ0) is 18.9. The topological polar surface area (TPSA) is 38.8 Å². The summed E-state index contributed by atoms with van der Waals surface area (Å²) >= 11 is 5.96. The third-order valence-electron chi connectivity index (χ3n) is 4.36. The van der Waals surface area contributed by atoms with Gasteiger partial charge in [0.05, 0.1) is 13.7 Å². The molecule has 5 heteroatoms. The molecule has 4 nitrogen and oxygen atoms in total. The molecule has 0 heterocycles. The normalized spacial score (nSPS) is 11.7. The second-order valence-electron chi connectivity index (χ2n) is 6.10. The molecule has 0 N–H and O–H groups in total. The lowest BCUT2D eigenvalue weighted by molar-refractivity contribution is -0.144. The van der Waals surface area contributed by atoms with Gasteiger partial charge in [-0.1, -0.05) is 23.7 Å². The summed E-state index contributed by atoms with van der Waals surface area (Å²) in [6.07, 6.45) is 2.49. The largest absolute Gasteiger partial charge is 0.497 e. The number of likely N-dealkylation sites (N-methyl/N-ethyl adjacent to an activating group) is 1. The smallest absolute Gasteiger partial charge is 0.328 e. The van der Waals surface area contributed by atoms with Gasteiger partial charge in [-0.3, -0.25) is 0 Å². The Hall–Kier alpha value is -2.20. The van der Waals surface area contributed by atoms with Crippen LogP contribution in [0.3, 0.4) is 0 Å². The first kappa shape index (κ1) is 20.1. The van der Waals surface area contributed by atoms with E-state index < -0.39 is 0 Å². The molecule has 1 unspecified atom stereocenters. The molecule has 0 radical (unpaired) electrons. The van der Waals surface area contributed by atoms with Gasteiger partial charge >= 0.3 is 5.97 Å². The number of nitrogens with zero attached hydrogens (tertiary/aromatic N) is 1. The van der Waals surface area contributed by atoms with Crippen LogP contribution in [0.5, 0.6) is 5.75 Å². The fourth-order valence-electron chi connectivity index (χ4n) is 2.86. The molecule has 0 saturated carbocycles. The van der Waals surface area contributed by atoms with Crippen LogP contribution in [0.2, 0.25) is 5.02 Å². The molecule has 2 aromatic carbocycles. The highest BCUT2D eigenvalue weighted by molar-refractivity contribution is 6.30. The first-order valence-corrected chi connectivity index (χ1v) is 9.21. The number of methoxy groups -OCH3 is 1. The maximum absolute atomic E-state index is 12.4. The molecular formula is C21H26ClNO3. The van der Waals surface area contributed by atoms with Gasteiger partial charge in [-0.2, -0.15) is 0 Å². The summed E-state index contributed by atoms with van der Waals surface area (Å²) < 4.78 is 10.5. The van der Waals surface area contributed by atoms with Crippen molar-refractivity contribution < 1.29 is 14.3 Å². The molecule has 0 spiro atoms. The highest BCUT2D eigenvalue weighted by Gasteiger charge is 2.24. The van der Waals surface area contributed by atoms with Gasteiger partial charge in [0.1, 0.15) is 11.8 Å². The molecule has 0 aliphatic carbocycles. The molecule has 2 rings (SSSR count). The summed E-state index contributed by atoms with van der Waals surface area (Å²) in [4.78, 5) is 14.4. The Kier molecular flexibility index (Phi) is 7.79. The van der Waals surface area contributed by atoms with E-state index >= 15 is 0 Å². The Balaban J connectivity index is 2.01. The van der Waals surface area contributed by atoms with E-state index in [9.17, 15) is 4.79 Å². The molecule has 0 bridgehead atoms. The molecular weight excluding hydrogens is 350 g/mol. The number of anilines is 1. The van der Waals surface area contributed by atoms with Crippen molar-refractivity contribution >= 4 is 23.3 Å². The second kappa shape index (κ2) is 10.1. The van der Waals surface area contributed by atoms with Crippen LogP contribution in [-0.4, -0.2) is 32.8 Å². The van der Waals surface area contributed by atoms with Crippen molar-refractivity contribution in [1.82, 2.24) is 0 Å². The number of carbonyl (C=O) groups excluding carboxylic acids is 1. The van der Waals surface area contributed by atoms with Crippen LogP contribution in [0.4, 0.5) is 5.69 Å². The maximum atomic E-state index is 12.4. The third kappa shape index (κ3) is 5.67. The van der Waals surface area contributed by atoms with E-state index in [4.69, 9.17) is 21.1 Å². The second-order valence-corrected chi connectivity index (χ2v) is 6.53. The number of esters is 1. The van der Waals surface area contributed by atoms with Crippen molar-refractivity contribution in [3.63, 3.8) is 0 Å². The third-order valence-corrected chi connectivity index (χ3v) is 4.61. The average Bonchev–Trinajstić information content (AvgIpc) is 2.66. The van der Waals surface area contributed by atoms with E-state index in [0.717, 1.165) is 24.3 Å². The van der Waals surface area contributed by atoms with Gasteiger partial charge in [0.15, 0.2) is 0 Å². The SMILES string of the molecule is CCOC(=O)C(CCCc1ccc(OC)cc1)N(C)c1ccc(Cl)cc1. The number of hydrogen-bond donors (Lipinski definition) is 0. The van der Waals surface area contributed by atoms with Crippen LogP contribution >= 0.6 is 11.6 Å². The van der Waals surface area contributed by atoms with Crippen molar-refractivity contribution in [2.45, 2.75) is 32.2 Å². The molecule has 26 heavy (non-hydrogen) atoms. The molecule has 0 aliphatic heterocycles. The van der Waals surface area contributed by atoms with Crippen LogP contribution in [0.25, 0.3) is 0 Å². The van der Waals surface area contributed by atoms with Crippen LogP contribution < -0.4 is 9.64 Å². The van der Waals surface area contributed by atoms with E-state index in [-0.39, 0.29) is 12.0 Å². The highest BCUT2D eigenvalue weighted by Crippen LogP contribution is 2.22. The van der Waals surface area contributed by atoms with Gasteiger partial charge in [-0.25, -0.2) is 4.79 Å². The number of carbonyl (C=O) groups is 1. The number of benzene rings is 2. The Bertz CT molecular complexity index is 685. The van der Waals surface area contributed by atoms with Crippen LogP contribution in [0, 0.1) is 0 Å². The fraction of sp³-hybridized carbons (Fsp3) is 0.381. The van der Waals surface area contributed by atoms with Crippen molar-refractivity contribution in [3.8, 4) is 5.75 Å². The van der Waals surface area contributed by atoms with Crippen molar-refractivity contribution in [2.24, 2.45) is 0 Å². The van der Waals surface area contributed by atoms with Crippen LogP contribution in [-0.2, 0) is 16.0 Å². The minimum absolute atomic E-state index is 0.195. The summed E-state index contributed by atoms with van der Waals surface area (Å²) in [5.41, 5.74) is 2.17. The fourth-order valence-corrected chi connectivity index (χ4v) is 2.98. The Morgan fingerprint density at radius 3 is 2.35 bits per heavy atom. The molecule has 0 amide bonds. The predicted molar refractivity (Wildman–Crippen MR) is 106 cm³/mol. The summed E-state index contributed by atoms with van der Waals surface area (Å²) in [7, 11) is 3.57. The van der Waals surface area contributed by atoms with E-state index in [0.29, 0.717) is 18.1 Å². The van der Waals surface area contributed by atoms with Gasteiger partial charge in [0.2, 0.25) is 0 Å². The lowest BCUT2D eigenvalue weighted by atomic mass is 10.0. The monoisotopic (exact) mass is 375 g/mol. The summed E-state index contributed by atoms with van der Waals surface area (Å²) in [6, 6.07) is 15.2. The van der Waals surface area contributed by atoms with Crippen LogP contribution in [0.1, 0.15) is 25.3 Å². The Labute approximate surface area is 160 Å². The quantitative estimate of drug-likeness (QED) is 0.593. The number of hydrogen-bond acceptors (Lipinski definition) is 4. The van der Waals surface area contributed by atoms with Crippen molar-refractivity contribution in [1.29, 1.82) is 0 Å². The Morgan fingerprint density at radius 2 is 1.77 bits per heavy atom. The summed E-state index contributed by atoms with van der Waals surface area (Å²) in [5.74, 6) is 0.653. The lowest BCUT2D eigenvalue weighted by Crippen LogP contribution is -2.40. The molecule has 0 aliphatic rings. The van der Waals surface area contributed by atoms with Gasteiger partial charge in [0.25, 0.3) is 0 Å². The van der Waals surface area contributed by atoms with E-state index in [2.05, 4.69) is 12.1 Å². The standard InChI is InChI=1S/C21H26ClNO3/c1-4-26-21(24)20(23(2)18-12-10-17(22)11-13-18)7-5-6-16-8-14-19(25-3)15-9-16/h8-15,20H,4-7H2,1-3H3. The number of halogens is 1. The predicted octanol–water partition coefficient (Wildman–Crippen LogP) is 4.74. The zero-order valence-corrected chi connectivity index (χ0v) is 16.3. The average molecular weight is 376 g/mol. The number of rotatable bonds is 9. The van der Waals surface area contributed by atoms with Crippen molar-refractivity contribution in [3.05, 3.63) is 59.1 Å². The number of ether oxygens (including phenoxy) is 2. The van der Waals surface area contributed by atoms with Gasteiger partial charge in [-0.05, 0) is 68.1 Å². The Morgan fingerprint density at radius 1 is 1.12 bits per heavy atom. The minimum atomic E-state index is -0.325. The lowest BCUT2D eigenvalue weighted by Gasteiger charge is -2.28. The summed E-state index contributed by atoms with van der Waals surface area (Å²) in [5, 5.41) is 0.675. The minimum Gasteiger partial charge on any atom is -0.497 e. The molecule has 0 saturated heterocycles. The van der Waals surface area contributed by atoms with E-state index in [1.54, 1.807) is 7.11 Å². The van der Waals surface area contributed by atoms with Gasteiger partial charge < -0.3 is 14.4 Å². The maximum Gasteiger partial charge on any atom is 0.328 e. The van der Waals surface area contributed by atoms with Crippen LogP contribution in [0.15, 0.2) is 48.5 Å². The van der Waals surface area contributed by atoms with Crippen molar-refractivity contribution in [2.75, 3.05) is 25.7 Å². The summed E-state index contributed by atoms with van der Waals surface area (Å²) in [6.45, 7) is 2.21. The highest BCUT2D eigenvalue weighted by atomic mass is 35.5. The van der Waals surface area contributed by atoms with Gasteiger partial charge in [-0.15, -0.1) is 0 Å². The molecule has 0 aromatic heterocycles. The molecule has 0 fully saturated rings. The first-order chi connectivity index (χ1) is 12.5. The zero-order valence-electron chi connectivity index (χ0n) is 15.6. The van der Waals surface area contributed by atoms with E-state index in [1.807, 2.05) is 55.3 Å².